The fraction of sp³-hybridized carbons (Fsp3) is 0.444. The van der Waals surface area contributed by atoms with Gasteiger partial charge < -0.3 is 15.7 Å². The summed E-state index contributed by atoms with van der Waals surface area (Å²) < 4.78 is 42.0. The maximum Gasteiger partial charge on any atom is 0.423 e. The van der Waals surface area contributed by atoms with E-state index in [4.69, 9.17) is 0 Å². The summed E-state index contributed by atoms with van der Waals surface area (Å²) in [4.78, 5) is 12.3. The van der Waals surface area contributed by atoms with Crippen LogP contribution in [-0.4, -0.2) is 46.6 Å². The van der Waals surface area contributed by atoms with Crippen molar-refractivity contribution in [3.05, 3.63) is 53.9 Å². The minimum absolute atomic E-state index is 0. The number of nitrogens with zero attached hydrogens (tertiary/aromatic N) is 2. The van der Waals surface area contributed by atoms with E-state index in [9.17, 15) is 23.1 Å². The predicted molar refractivity (Wildman–Crippen MR) is 99.3 cm³/mol. The van der Waals surface area contributed by atoms with E-state index in [1.54, 1.807) is 16.9 Å². The van der Waals surface area contributed by atoms with E-state index in [-0.39, 0.29) is 29.7 Å². The number of carbonyl (C=O) groups excluding carboxylic acids is 1. The highest BCUT2D eigenvalue weighted by molar-refractivity contribution is 5.92. The van der Waals surface area contributed by atoms with Gasteiger partial charge in [-0.3, -0.25) is 9.48 Å². The molecule has 2 heterocycles. The summed E-state index contributed by atoms with van der Waals surface area (Å²) >= 11 is 0. The topological polar surface area (TPSA) is 79.2 Å². The van der Waals surface area contributed by atoms with Crippen LogP contribution in [0.15, 0.2) is 42.6 Å². The van der Waals surface area contributed by atoms with E-state index >= 15 is 0 Å². The van der Waals surface area contributed by atoms with Gasteiger partial charge in [0.25, 0.3) is 5.91 Å². The molecule has 6 nitrogen and oxygen atoms in total. The van der Waals surface area contributed by atoms with Gasteiger partial charge in [-0.05, 0) is 31.0 Å². The molecule has 2 aromatic rings. The fourth-order valence-corrected chi connectivity index (χ4v) is 3.10. The highest BCUT2D eigenvalue weighted by Gasteiger charge is 2.55. The second-order valence-corrected chi connectivity index (χ2v) is 6.59. The number of aliphatic hydroxyl groups is 1. The first kappa shape index (κ1) is 22.2. The fourth-order valence-electron chi connectivity index (χ4n) is 3.10. The lowest BCUT2D eigenvalue weighted by molar-refractivity contribution is -0.263. The summed E-state index contributed by atoms with van der Waals surface area (Å²) in [5, 5.41) is 19.8. The van der Waals surface area contributed by atoms with Crippen LogP contribution in [0.4, 0.5) is 13.2 Å². The number of aromatic nitrogens is 2. The van der Waals surface area contributed by atoms with Gasteiger partial charge in [-0.25, -0.2) is 0 Å². The Morgan fingerprint density at radius 1 is 1.29 bits per heavy atom. The summed E-state index contributed by atoms with van der Waals surface area (Å²) in [7, 11) is 0. The van der Waals surface area contributed by atoms with Gasteiger partial charge >= 0.3 is 6.18 Å². The van der Waals surface area contributed by atoms with Crippen LogP contribution in [0, 0.1) is 0 Å². The molecular weight excluding hydrogens is 397 g/mol. The molecule has 154 valence electrons. The molecular formula is C18H22ClF3N4O2. The van der Waals surface area contributed by atoms with Crippen molar-refractivity contribution in [2.24, 2.45) is 0 Å². The van der Waals surface area contributed by atoms with E-state index in [1.807, 2.05) is 0 Å². The zero-order valence-electron chi connectivity index (χ0n) is 14.9. The normalized spacial score (nSPS) is 19.4. The molecule has 1 amide bonds. The van der Waals surface area contributed by atoms with Crippen molar-refractivity contribution in [3.63, 3.8) is 0 Å². The average molecular weight is 419 g/mol. The van der Waals surface area contributed by atoms with E-state index in [0.29, 0.717) is 0 Å². The molecule has 28 heavy (non-hydrogen) atoms. The standard InChI is InChI=1S/C18H21F3N4O2.ClH/c19-18(20,21)17(27,13-5-2-1-3-6-13)12-23-16(26)15-8-10-25(24-15)14-7-4-9-22-11-14;/h1-3,5-6,8,10,14,22,27H,4,7,9,11-12H2,(H,23,26);1H. The van der Waals surface area contributed by atoms with Crippen molar-refractivity contribution in [1.29, 1.82) is 0 Å². The van der Waals surface area contributed by atoms with Gasteiger partial charge in [-0.1, -0.05) is 30.3 Å². The number of nitrogens with one attached hydrogen (secondary N) is 2. The molecule has 1 saturated heterocycles. The van der Waals surface area contributed by atoms with Gasteiger partial charge in [0.05, 0.1) is 12.6 Å². The quantitative estimate of drug-likeness (QED) is 0.696. The minimum atomic E-state index is -4.95. The second kappa shape index (κ2) is 8.93. The molecule has 1 aliphatic rings. The van der Waals surface area contributed by atoms with Crippen LogP contribution in [0.3, 0.4) is 0 Å². The highest BCUT2D eigenvalue weighted by atomic mass is 35.5. The van der Waals surface area contributed by atoms with Crippen molar-refractivity contribution < 1.29 is 23.1 Å². The van der Waals surface area contributed by atoms with E-state index < -0.39 is 24.2 Å². The molecule has 3 N–H and O–H groups in total. The lowest BCUT2D eigenvalue weighted by atomic mass is 9.93. The maximum absolute atomic E-state index is 13.5. The first-order chi connectivity index (χ1) is 12.8. The van der Waals surface area contributed by atoms with Gasteiger partial charge in [0.15, 0.2) is 0 Å². The molecule has 3 rings (SSSR count). The number of benzene rings is 1. The molecule has 1 aromatic heterocycles. The zero-order valence-corrected chi connectivity index (χ0v) is 15.8. The molecule has 0 radical (unpaired) electrons. The molecule has 2 unspecified atom stereocenters. The smallest absolute Gasteiger partial charge is 0.375 e. The summed E-state index contributed by atoms with van der Waals surface area (Å²) in [6.07, 6.45) is -1.41. The Kier molecular flexibility index (Phi) is 7.08. The van der Waals surface area contributed by atoms with Gasteiger partial charge in [0.2, 0.25) is 5.60 Å². The van der Waals surface area contributed by atoms with Crippen LogP contribution >= 0.6 is 12.4 Å². The Balaban J connectivity index is 0.00000280. The highest BCUT2D eigenvalue weighted by Crippen LogP contribution is 2.38. The number of piperidine rings is 1. The largest absolute Gasteiger partial charge is 0.423 e. The lowest BCUT2D eigenvalue weighted by Gasteiger charge is -2.31. The van der Waals surface area contributed by atoms with E-state index in [1.165, 1.54) is 30.3 Å². The van der Waals surface area contributed by atoms with Crippen LogP contribution in [0.5, 0.6) is 0 Å². The number of hydrogen-bond donors (Lipinski definition) is 3. The number of rotatable bonds is 5. The molecule has 10 heteroatoms. The van der Waals surface area contributed by atoms with E-state index in [0.717, 1.165) is 25.9 Å². The molecule has 2 atom stereocenters. The van der Waals surface area contributed by atoms with E-state index in [2.05, 4.69) is 15.7 Å². The van der Waals surface area contributed by atoms with Crippen LogP contribution < -0.4 is 10.6 Å². The van der Waals surface area contributed by atoms with Gasteiger partial charge in [0, 0.05) is 12.7 Å². The molecule has 1 fully saturated rings. The molecule has 1 aliphatic heterocycles. The van der Waals surface area contributed by atoms with Crippen LogP contribution in [-0.2, 0) is 5.60 Å². The maximum atomic E-state index is 13.5. The molecule has 0 bridgehead atoms. The van der Waals surface area contributed by atoms with Gasteiger partial charge in [0.1, 0.15) is 5.69 Å². The average Bonchev–Trinajstić information content (AvgIpc) is 3.16. The second-order valence-electron chi connectivity index (χ2n) is 6.59. The number of hydrogen-bond acceptors (Lipinski definition) is 4. The van der Waals surface area contributed by atoms with Crippen molar-refractivity contribution in [2.75, 3.05) is 19.6 Å². The Morgan fingerprint density at radius 2 is 2.00 bits per heavy atom. The number of carbonyl (C=O) groups is 1. The summed E-state index contributed by atoms with van der Waals surface area (Å²) in [6, 6.07) is 8.25. The van der Waals surface area contributed by atoms with Crippen molar-refractivity contribution in [2.45, 2.75) is 30.7 Å². The number of amides is 1. The molecule has 1 aromatic carbocycles. The molecule has 0 aliphatic carbocycles. The zero-order chi connectivity index (χ0) is 19.5. The first-order valence-electron chi connectivity index (χ1n) is 8.70. The van der Waals surface area contributed by atoms with Crippen molar-refractivity contribution >= 4 is 18.3 Å². The van der Waals surface area contributed by atoms with Crippen molar-refractivity contribution in [3.8, 4) is 0 Å². The van der Waals surface area contributed by atoms with Gasteiger partial charge in [-0.2, -0.15) is 18.3 Å². The van der Waals surface area contributed by atoms with Crippen LogP contribution in [0.1, 0.15) is 34.9 Å². The Bertz CT molecular complexity index is 779. The van der Waals surface area contributed by atoms with Crippen LogP contribution in [0.2, 0.25) is 0 Å². The Morgan fingerprint density at radius 3 is 2.61 bits per heavy atom. The summed E-state index contributed by atoms with van der Waals surface area (Å²) in [6.45, 7) is 0.655. The lowest BCUT2D eigenvalue weighted by Crippen LogP contribution is -2.51. The summed E-state index contributed by atoms with van der Waals surface area (Å²) in [5.41, 5.74) is -3.51. The minimum Gasteiger partial charge on any atom is -0.375 e. The third kappa shape index (κ3) is 4.65. The summed E-state index contributed by atoms with van der Waals surface area (Å²) in [5.74, 6) is -0.767. The van der Waals surface area contributed by atoms with Crippen LogP contribution in [0.25, 0.3) is 0 Å². The SMILES string of the molecule is Cl.O=C(NCC(O)(c1ccccc1)C(F)(F)F)c1ccn(C2CCCNC2)n1. The third-order valence-electron chi connectivity index (χ3n) is 4.71. The predicted octanol–water partition coefficient (Wildman–Crippen LogP) is 2.41. The molecule has 0 spiro atoms. The Labute approximate surface area is 166 Å². The Hall–Kier alpha value is -2.10. The van der Waals surface area contributed by atoms with Crippen molar-refractivity contribution in [1.82, 2.24) is 20.4 Å². The number of alkyl halides is 3. The number of halogens is 4. The monoisotopic (exact) mass is 418 g/mol. The third-order valence-corrected chi connectivity index (χ3v) is 4.71. The van der Waals surface area contributed by atoms with Gasteiger partial charge in [-0.15, -0.1) is 12.4 Å². The first-order valence-corrected chi connectivity index (χ1v) is 8.70. The molecule has 0 saturated carbocycles.